The van der Waals surface area contributed by atoms with E-state index in [0.717, 1.165) is 12.8 Å². The number of aliphatic carboxylic acids is 1. The van der Waals surface area contributed by atoms with Crippen molar-refractivity contribution < 1.29 is 19.5 Å². The van der Waals surface area contributed by atoms with Gasteiger partial charge in [0.25, 0.3) is 0 Å². The van der Waals surface area contributed by atoms with E-state index in [0.29, 0.717) is 24.1 Å². The van der Waals surface area contributed by atoms with Crippen LogP contribution in [0.3, 0.4) is 0 Å². The van der Waals surface area contributed by atoms with Crippen LogP contribution in [0.1, 0.15) is 42.5 Å². The number of hydrogen-bond acceptors (Lipinski definition) is 3. The summed E-state index contributed by atoms with van der Waals surface area (Å²) in [4.78, 5) is 34.4. The van der Waals surface area contributed by atoms with Crippen LogP contribution in [0.2, 0.25) is 0 Å². The Morgan fingerprint density at radius 3 is 2.19 bits per heavy atom. The standard InChI is InChI=1S/C15H18N2O4/c16-13(19)10-3-5-11(6-4-10)17-12(18)9-15(14(20)21)7-1-2-8-15/h3-6H,1-2,7-9H2,(H2,16,19)(H,17,18)(H,20,21). The molecule has 1 fully saturated rings. The van der Waals surface area contributed by atoms with E-state index in [9.17, 15) is 19.5 Å². The van der Waals surface area contributed by atoms with Gasteiger partial charge in [0.1, 0.15) is 0 Å². The van der Waals surface area contributed by atoms with Gasteiger partial charge in [-0.2, -0.15) is 0 Å². The molecule has 0 unspecified atom stereocenters. The van der Waals surface area contributed by atoms with Crippen LogP contribution in [0.4, 0.5) is 5.69 Å². The summed E-state index contributed by atoms with van der Waals surface area (Å²) in [5.41, 5.74) is 5.07. The average Bonchev–Trinajstić information content (AvgIpc) is 2.89. The average molecular weight is 290 g/mol. The summed E-state index contributed by atoms with van der Waals surface area (Å²) in [6.07, 6.45) is 2.73. The third-order valence-electron chi connectivity index (χ3n) is 3.97. The van der Waals surface area contributed by atoms with Gasteiger partial charge >= 0.3 is 5.97 Å². The van der Waals surface area contributed by atoms with Gasteiger partial charge < -0.3 is 16.2 Å². The second-order valence-electron chi connectivity index (χ2n) is 5.46. The van der Waals surface area contributed by atoms with Crippen LogP contribution in [0.15, 0.2) is 24.3 Å². The summed E-state index contributed by atoms with van der Waals surface area (Å²) < 4.78 is 0. The first-order valence-electron chi connectivity index (χ1n) is 6.86. The number of amides is 2. The number of nitrogens with two attached hydrogens (primary N) is 1. The predicted molar refractivity (Wildman–Crippen MR) is 76.7 cm³/mol. The lowest BCUT2D eigenvalue weighted by Gasteiger charge is -2.22. The number of benzene rings is 1. The highest BCUT2D eigenvalue weighted by Crippen LogP contribution is 2.41. The number of carboxylic acid groups (broad SMARTS) is 1. The molecule has 1 saturated carbocycles. The lowest BCUT2D eigenvalue weighted by molar-refractivity contribution is -0.150. The number of carbonyl (C=O) groups is 3. The number of nitrogens with one attached hydrogen (secondary N) is 1. The molecule has 1 aromatic rings. The topological polar surface area (TPSA) is 109 Å². The number of hydrogen-bond donors (Lipinski definition) is 3. The molecule has 112 valence electrons. The highest BCUT2D eigenvalue weighted by atomic mass is 16.4. The van der Waals surface area contributed by atoms with Crippen molar-refractivity contribution in [3.63, 3.8) is 0 Å². The van der Waals surface area contributed by atoms with Crippen LogP contribution in [0, 0.1) is 5.41 Å². The lowest BCUT2D eigenvalue weighted by atomic mass is 9.82. The molecule has 0 aromatic heterocycles. The first-order valence-corrected chi connectivity index (χ1v) is 6.86. The van der Waals surface area contributed by atoms with Gasteiger partial charge in [-0.3, -0.25) is 14.4 Å². The largest absolute Gasteiger partial charge is 0.481 e. The molecule has 1 aliphatic rings. The fraction of sp³-hybridized carbons (Fsp3) is 0.400. The fourth-order valence-electron chi connectivity index (χ4n) is 2.75. The van der Waals surface area contributed by atoms with Crippen molar-refractivity contribution in [1.82, 2.24) is 0 Å². The van der Waals surface area contributed by atoms with Crippen LogP contribution in [0.5, 0.6) is 0 Å². The SMILES string of the molecule is NC(=O)c1ccc(NC(=O)CC2(C(=O)O)CCCC2)cc1. The molecule has 21 heavy (non-hydrogen) atoms. The van der Waals surface area contributed by atoms with Crippen molar-refractivity contribution in [3.05, 3.63) is 29.8 Å². The summed E-state index contributed by atoms with van der Waals surface area (Å²) in [7, 11) is 0. The fourth-order valence-corrected chi connectivity index (χ4v) is 2.75. The van der Waals surface area contributed by atoms with Crippen LogP contribution in [-0.2, 0) is 9.59 Å². The molecule has 2 amide bonds. The number of rotatable bonds is 5. The van der Waals surface area contributed by atoms with Gasteiger partial charge in [-0.1, -0.05) is 12.8 Å². The van der Waals surface area contributed by atoms with E-state index in [1.54, 1.807) is 12.1 Å². The Balaban J connectivity index is 2.01. The normalized spacial score (nSPS) is 16.4. The molecular weight excluding hydrogens is 272 g/mol. The first-order chi connectivity index (χ1) is 9.93. The van der Waals surface area contributed by atoms with E-state index in [-0.39, 0.29) is 12.3 Å². The maximum Gasteiger partial charge on any atom is 0.310 e. The van der Waals surface area contributed by atoms with Gasteiger partial charge in [0.2, 0.25) is 11.8 Å². The van der Waals surface area contributed by atoms with E-state index in [4.69, 9.17) is 5.73 Å². The third kappa shape index (κ3) is 3.39. The Morgan fingerprint density at radius 1 is 1.14 bits per heavy atom. The molecule has 6 nitrogen and oxygen atoms in total. The molecule has 0 saturated heterocycles. The van der Waals surface area contributed by atoms with E-state index in [2.05, 4.69) is 5.32 Å². The maximum absolute atomic E-state index is 12.0. The van der Waals surface area contributed by atoms with Gasteiger partial charge in [-0.05, 0) is 37.1 Å². The van der Waals surface area contributed by atoms with Gasteiger partial charge in [-0.25, -0.2) is 0 Å². The minimum atomic E-state index is -0.933. The zero-order valence-electron chi connectivity index (χ0n) is 11.6. The zero-order chi connectivity index (χ0) is 15.5. The van der Waals surface area contributed by atoms with Crippen molar-refractivity contribution in [2.45, 2.75) is 32.1 Å². The molecule has 0 atom stereocenters. The molecule has 0 bridgehead atoms. The molecule has 4 N–H and O–H groups in total. The van der Waals surface area contributed by atoms with Crippen molar-refractivity contribution in [2.24, 2.45) is 11.1 Å². The monoisotopic (exact) mass is 290 g/mol. The number of carboxylic acids is 1. The van der Waals surface area contributed by atoms with E-state index >= 15 is 0 Å². The quantitative estimate of drug-likeness (QED) is 0.767. The summed E-state index contributed by atoms with van der Waals surface area (Å²) in [6.45, 7) is 0. The first kappa shape index (κ1) is 15.0. The number of anilines is 1. The third-order valence-corrected chi connectivity index (χ3v) is 3.97. The van der Waals surface area contributed by atoms with Gasteiger partial charge in [0, 0.05) is 17.7 Å². The molecule has 1 aliphatic carbocycles. The van der Waals surface area contributed by atoms with Crippen molar-refractivity contribution in [2.75, 3.05) is 5.32 Å². The van der Waals surface area contributed by atoms with Crippen molar-refractivity contribution >= 4 is 23.5 Å². The Bertz CT molecular complexity index is 560. The van der Waals surface area contributed by atoms with E-state index in [1.807, 2.05) is 0 Å². The summed E-state index contributed by atoms with van der Waals surface area (Å²) in [5.74, 6) is -1.77. The highest BCUT2D eigenvalue weighted by molar-refractivity contribution is 5.96. The van der Waals surface area contributed by atoms with Gasteiger partial charge in [0.05, 0.1) is 5.41 Å². The van der Waals surface area contributed by atoms with Gasteiger partial charge in [0.15, 0.2) is 0 Å². The lowest BCUT2D eigenvalue weighted by Crippen LogP contribution is -2.32. The predicted octanol–water partition coefficient (Wildman–Crippen LogP) is 1.76. The minimum Gasteiger partial charge on any atom is -0.481 e. The molecule has 0 aliphatic heterocycles. The van der Waals surface area contributed by atoms with Crippen LogP contribution in [0.25, 0.3) is 0 Å². The van der Waals surface area contributed by atoms with Crippen LogP contribution < -0.4 is 11.1 Å². The molecule has 2 rings (SSSR count). The van der Waals surface area contributed by atoms with Crippen molar-refractivity contribution in [3.8, 4) is 0 Å². The Morgan fingerprint density at radius 2 is 1.71 bits per heavy atom. The molecule has 0 spiro atoms. The molecule has 6 heteroatoms. The number of carbonyl (C=O) groups excluding carboxylic acids is 2. The minimum absolute atomic E-state index is 0.0279. The smallest absolute Gasteiger partial charge is 0.310 e. The van der Waals surface area contributed by atoms with Gasteiger partial charge in [-0.15, -0.1) is 0 Å². The summed E-state index contributed by atoms with van der Waals surface area (Å²) >= 11 is 0. The zero-order valence-corrected chi connectivity index (χ0v) is 11.6. The maximum atomic E-state index is 12.0. The second-order valence-corrected chi connectivity index (χ2v) is 5.46. The Labute approximate surface area is 122 Å². The second kappa shape index (κ2) is 5.95. The highest BCUT2D eigenvalue weighted by Gasteiger charge is 2.42. The van der Waals surface area contributed by atoms with Crippen LogP contribution in [-0.4, -0.2) is 22.9 Å². The Hall–Kier alpha value is -2.37. The van der Waals surface area contributed by atoms with Crippen LogP contribution >= 0.6 is 0 Å². The molecule has 1 aromatic carbocycles. The molecule has 0 radical (unpaired) electrons. The summed E-state index contributed by atoms with van der Waals surface area (Å²) in [5, 5.41) is 12.0. The molecule has 0 heterocycles. The van der Waals surface area contributed by atoms with E-state index in [1.165, 1.54) is 12.1 Å². The molecular formula is C15H18N2O4. The summed E-state index contributed by atoms with van der Waals surface area (Å²) in [6, 6.07) is 6.17. The number of primary amides is 1. The van der Waals surface area contributed by atoms with E-state index < -0.39 is 17.3 Å². The van der Waals surface area contributed by atoms with Crippen molar-refractivity contribution in [1.29, 1.82) is 0 Å². The Kier molecular flexibility index (Phi) is 4.26.